The van der Waals surface area contributed by atoms with E-state index in [2.05, 4.69) is 21.2 Å². The number of rotatable bonds is 4. The zero-order chi connectivity index (χ0) is 12.3. The van der Waals surface area contributed by atoms with E-state index < -0.39 is 0 Å². The fraction of sp³-hybridized carbons (Fsp3) is 0.538. The Hall–Kier alpha value is -0.0900. The fourth-order valence-electron chi connectivity index (χ4n) is 2.31. The summed E-state index contributed by atoms with van der Waals surface area (Å²) < 4.78 is 0.930. The minimum atomic E-state index is -0.112. The van der Waals surface area contributed by atoms with Gasteiger partial charge in [0.1, 0.15) is 0 Å². The van der Waals surface area contributed by atoms with Gasteiger partial charge >= 0.3 is 0 Å². The minimum Gasteiger partial charge on any atom is -0.393 e. The molecule has 1 saturated carbocycles. The first kappa shape index (κ1) is 13.3. The summed E-state index contributed by atoms with van der Waals surface area (Å²) in [5.41, 5.74) is 1.20. The van der Waals surface area contributed by atoms with Gasteiger partial charge in [-0.25, -0.2) is 0 Å². The van der Waals surface area contributed by atoms with Crippen LogP contribution in [0.1, 0.15) is 24.8 Å². The summed E-state index contributed by atoms with van der Waals surface area (Å²) in [5, 5.41) is 13.8. The average molecular weight is 319 g/mol. The highest BCUT2D eigenvalue weighted by molar-refractivity contribution is 9.10. The molecule has 1 aliphatic carbocycles. The standard InChI is InChI=1S/C13H17BrClNO/c14-11-6-9(4-5-12(11)15)7-16-8-10-2-1-3-13(10)17/h4-6,10,13,16-17H,1-3,7-8H2. The smallest absolute Gasteiger partial charge is 0.0580 e. The third-order valence-electron chi connectivity index (χ3n) is 3.34. The SMILES string of the molecule is OC1CCCC1CNCc1ccc(Cl)c(Br)c1. The Labute approximate surface area is 115 Å². The molecular weight excluding hydrogens is 302 g/mol. The van der Waals surface area contributed by atoms with Crippen LogP contribution in [-0.4, -0.2) is 17.8 Å². The third kappa shape index (κ3) is 3.68. The van der Waals surface area contributed by atoms with Gasteiger partial charge in [-0.15, -0.1) is 0 Å². The topological polar surface area (TPSA) is 32.3 Å². The van der Waals surface area contributed by atoms with Crippen molar-refractivity contribution < 1.29 is 5.11 Å². The molecule has 1 aromatic carbocycles. The summed E-state index contributed by atoms with van der Waals surface area (Å²) in [5.74, 6) is 0.422. The molecule has 0 saturated heterocycles. The number of hydrogen-bond donors (Lipinski definition) is 2. The molecule has 0 amide bonds. The Morgan fingerprint density at radius 2 is 2.24 bits per heavy atom. The lowest BCUT2D eigenvalue weighted by Crippen LogP contribution is -2.27. The van der Waals surface area contributed by atoms with Crippen LogP contribution in [0.5, 0.6) is 0 Å². The molecule has 2 atom stereocenters. The molecule has 2 rings (SSSR count). The number of halogens is 2. The Morgan fingerprint density at radius 1 is 1.41 bits per heavy atom. The summed E-state index contributed by atoms with van der Waals surface area (Å²) in [4.78, 5) is 0. The largest absolute Gasteiger partial charge is 0.393 e. The summed E-state index contributed by atoms with van der Waals surface area (Å²) >= 11 is 9.35. The average Bonchev–Trinajstić information content (AvgIpc) is 2.70. The first-order valence-corrected chi connectivity index (χ1v) is 7.16. The van der Waals surface area contributed by atoms with E-state index in [0.717, 1.165) is 41.8 Å². The van der Waals surface area contributed by atoms with Crippen LogP contribution in [0.25, 0.3) is 0 Å². The van der Waals surface area contributed by atoms with Gasteiger partial charge in [0.05, 0.1) is 11.1 Å². The van der Waals surface area contributed by atoms with Gasteiger partial charge in [-0.05, 0) is 52.4 Å². The normalized spacial score (nSPS) is 24.2. The van der Waals surface area contributed by atoms with Gasteiger partial charge in [0.15, 0.2) is 0 Å². The van der Waals surface area contributed by atoms with Crippen LogP contribution in [0.3, 0.4) is 0 Å². The molecule has 0 spiro atoms. The molecule has 2 unspecified atom stereocenters. The van der Waals surface area contributed by atoms with Crippen molar-refractivity contribution in [3.8, 4) is 0 Å². The van der Waals surface area contributed by atoms with Crippen molar-refractivity contribution in [2.24, 2.45) is 5.92 Å². The fourth-order valence-corrected chi connectivity index (χ4v) is 2.85. The molecule has 0 aromatic heterocycles. The highest BCUT2D eigenvalue weighted by Gasteiger charge is 2.24. The molecule has 0 radical (unpaired) electrons. The first-order chi connectivity index (χ1) is 8.16. The van der Waals surface area contributed by atoms with Crippen LogP contribution < -0.4 is 5.32 Å². The van der Waals surface area contributed by atoms with Crippen molar-refractivity contribution in [2.75, 3.05) is 6.54 Å². The zero-order valence-electron chi connectivity index (χ0n) is 9.63. The number of nitrogens with one attached hydrogen (secondary N) is 1. The van der Waals surface area contributed by atoms with E-state index in [9.17, 15) is 5.11 Å². The highest BCUT2D eigenvalue weighted by Crippen LogP contribution is 2.25. The van der Waals surface area contributed by atoms with Gasteiger partial charge in [-0.1, -0.05) is 24.1 Å². The maximum Gasteiger partial charge on any atom is 0.0580 e. The van der Waals surface area contributed by atoms with Gasteiger partial charge in [-0.3, -0.25) is 0 Å². The quantitative estimate of drug-likeness (QED) is 0.892. The maximum absolute atomic E-state index is 9.70. The Bertz CT molecular complexity index is 386. The van der Waals surface area contributed by atoms with E-state index in [0.29, 0.717) is 5.92 Å². The van der Waals surface area contributed by atoms with Gasteiger partial charge in [-0.2, -0.15) is 0 Å². The summed E-state index contributed by atoms with van der Waals surface area (Å²) in [6, 6.07) is 5.94. The highest BCUT2D eigenvalue weighted by atomic mass is 79.9. The van der Waals surface area contributed by atoms with Crippen molar-refractivity contribution in [3.63, 3.8) is 0 Å². The van der Waals surface area contributed by atoms with Crippen molar-refractivity contribution >= 4 is 27.5 Å². The Balaban J connectivity index is 1.79. The predicted octanol–water partition coefficient (Wildman–Crippen LogP) is 3.35. The molecule has 94 valence electrons. The molecule has 0 heterocycles. The van der Waals surface area contributed by atoms with Crippen molar-refractivity contribution in [2.45, 2.75) is 31.9 Å². The summed E-state index contributed by atoms with van der Waals surface area (Å²) in [6.07, 6.45) is 3.14. The van der Waals surface area contributed by atoms with E-state index in [-0.39, 0.29) is 6.10 Å². The van der Waals surface area contributed by atoms with E-state index in [1.54, 1.807) is 0 Å². The third-order valence-corrected chi connectivity index (χ3v) is 4.55. The van der Waals surface area contributed by atoms with Crippen LogP contribution in [0.4, 0.5) is 0 Å². The predicted molar refractivity (Wildman–Crippen MR) is 74.2 cm³/mol. The molecule has 1 aliphatic rings. The first-order valence-electron chi connectivity index (χ1n) is 5.99. The van der Waals surface area contributed by atoms with Crippen molar-refractivity contribution in [3.05, 3.63) is 33.3 Å². The van der Waals surface area contributed by atoms with Crippen LogP contribution >= 0.6 is 27.5 Å². The summed E-state index contributed by atoms with van der Waals surface area (Å²) in [7, 11) is 0. The molecule has 0 aliphatic heterocycles. The van der Waals surface area contributed by atoms with Gasteiger partial charge in [0, 0.05) is 17.6 Å². The Morgan fingerprint density at radius 3 is 2.88 bits per heavy atom. The van der Waals surface area contributed by atoms with Crippen molar-refractivity contribution in [1.82, 2.24) is 5.32 Å². The second-order valence-electron chi connectivity index (χ2n) is 4.64. The molecule has 1 fully saturated rings. The molecule has 2 nitrogen and oxygen atoms in total. The van der Waals surface area contributed by atoms with E-state index in [1.807, 2.05) is 18.2 Å². The van der Waals surface area contributed by atoms with Crippen molar-refractivity contribution in [1.29, 1.82) is 0 Å². The van der Waals surface area contributed by atoms with Crippen LogP contribution in [0.2, 0.25) is 5.02 Å². The number of benzene rings is 1. The lowest BCUT2D eigenvalue weighted by atomic mass is 10.1. The van der Waals surface area contributed by atoms with Gasteiger partial charge in [0.2, 0.25) is 0 Å². The molecule has 17 heavy (non-hydrogen) atoms. The Kier molecular flexibility index (Phi) is 4.86. The molecule has 0 bridgehead atoms. The molecular formula is C13H17BrClNO. The monoisotopic (exact) mass is 317 g/mol. The number of aliphatic hydroxyl groups excluding tert-OH is 1. The molecule has 2 N–H and O–H groups in total. The van der Waals surface area contributed by atoms with Gasteiger partial charge in [0.25, 0.3) is 0 Å². The maximum atomic E-state index is 9.70. The number of aliphatic hydroxyl groups is 1. The molecule has 1 aromatic rings. The van der Waals surface area contributed by atoms with Crippen LogP contribution in [0, 0.1) is 5.92 Å². The van der Waals surface area contributed by atoms with Gasteiger partial charge < -0.3 is 10.4 Å². The summed E-state index contributed by atoms with van der Waals surface area (Å²) in [6.45, 7) is 1.71. The molecule has 4 heteroatoms. The second kappa shape index (κ2) is 6.19. The minimum absolute atomic E-state index is 0.112. The second-order valence-corrected chi connectivity index (χ2v) is 5.90. The van der Waals surface area contributed by atoms with Crippen LogP contribution in [-0.2, 0) is 6.54 Å². The van der Waals surface area contributed by atoms with Crippen LogP contribution in [0.15, 0.2) is 22.7 Å². The lowest BCUT2D eigenvalue weighted by Gasteiger charge is -2.15. The lowest BCUT2D eigenvalue weighted by molar-refractivity contribution is 0.131. The van der Waals surface area contributed by atoms with E-state index in [4.69, 9.17) is 11.6 Å². The number of hydrogen-bond acceptors (Lipinski definition) is 2. The van der Waals surface area contributed by atoms with E-state index >= 15 is 0 Å². The van der Waals surface area contributed by atoms with E-state index in [1.165, 1.54) is 5.56 Å². The zero-order valence-corrected chi connectivity index (χ0v) is 12.0.